The first-order valence-electron chi connectivity index (χ1n) is 9.68. The monoisotopic (exact) mass is 410 g/mol. The number of hydrogen-bond acceptors (Lipinski definition) is 5. The van der Waals surface area contributed by atoms with Crippen molar-refractivity contribution in [3.8, 4) is 5.75 Å². The summed E-state index contributed by atoms with van der Waals surface area (Å²) in [5.74, 6) is 2.08. The summed E-state index contributed by atoms with van der Waals surface area (Å²) in [6.07, 6.45) is 1.52. The van der Waals surface area contributed by atoms with Gasteiger partial charge in [0.1, 0.15) is 11.6 Å². The third-order valence-corrected chi connectivity index (χ3v) is 5.51. The molecule has 0 unspecified atom stereocenters. The summed E-state index contributed by atoms with van der Waals surface area (Å²) in [6.45, 7) is 3.44. The lowest BCUT2D eigenvalue weighted by atomic mass is 10.1. The normalized spacial score (nSPS) is 10.7. The molecule has 0 radical (unpaired) electrons. The van der Waals surface area contributed by atoms with E-state index in [1.165, 1.54) is 17.3 Å². The van der Waals surface area contributed by atoms with Gasteiger partial charge in [-0.2, -0.15) is 0 Å². The van der Waals surface area contributed by atoms with E-state index in [1.807, 2.05) is 42.5 Å². The average Bonchev–Trinajstić information content (AvgIpc) is 3.15. The number of ether oxygens (including phenoxy) is 1. The molecule has 0 aliphatic carbocycles. The molecule has 0 saturated heterocycles. The summed E-state index contributed by atoms with van der Waals surface area (Å²) in [5.41, 5.74) is 2.36. The number of thioether (sulfide) groups is 1. The Labute approximate surface area is 175 Å². The quantitative estimate of drug-likeness (QED) is 0.519. The van der Waals surface area contributed by atoms with Crippen LogP contribution in [0, 0.1) is 0 Å². The molecule has 6 nitrogen and oxygen atoms in total. The van der Waals surface area contributed by atoms with Gasteiger partial charge < -0.3 is 14.6 Å². The zero-order chi connectivity index (χ0) is 20.5. The topological polar surface area (TPSA) is 69.0 Å². The third-order valence-electron chi connectivity index (χ3n) is 4.54. The van der Waals surface area contributed by atoms with Gasteiger partial charge in [-0.05, 0) is 36.6 Å². The number of nitrogens with one attached hydrogen (secondary N) is 1. The highest BCUT2D eigenvalue weighted by atomic mass is 32.2. The molecule has 1 heterocycles. The lowest BCUT2D eigenvalue weighted by molar-refractivity contribution is -0.118. The van der Waals surface area contributed by atoms with Crippen molar-refractivity contribution in [2.45, 2.75) is 31.5 Å². The second-order valence-corrected chi connectivity index (χ2v) is 7.48. The number of nitrogens with zero attached hydrogens (tertiary/aromatic N) is 3. The predicted octanol–water partition coefficient (Wildman–Crippen LogP) is 3.35. The molecule has 7 heteroatoms. The van der Waals surface area contributed by atoms with Gasteiger partial charge in [-0.1, -0.05) is 54.2 Å². The fourth-order valence-electron chi connectivity index (χ4n) is 2.97. The summed E-state index contributed by atoms with van der Waals surface area (Å²) in [7, 11) is 1.65. The van der Waals surface area contributed by atoms with Gasteiger partial charge >= 0.3 is 0 Å². The first-order valence-corrected chi connectivity index (χ1v) is 10.7. The van der Waals surface area contributed by atoms with Crippen LogP contribution in [0.2, 0.25) is 0 Å². The molecule has 1 amide bonds. The van der Waals surface area contributed by atoms with E-state index in [0.29, 0.717) is 12.3 Å². The zero-order valence-electron chi connectivity index (χ0n) is 16.8. The Hall–Kier alpha value is -2.80. The van der Waals surface area contributed by atoms with Gasteiger partial charge in [0.2, 0.25) is 5.91 Å². The van der Waals surface area contributed by atoms with Crippen LogP contribution in [0.1, 0.15) is 23.9 Å². The van der Waals surface area contributed by atoms with Crippen LogP contribution >= 0.6 is 11.8 Å². The van der Waals surface area contributed by atoms with Crippen LogP contribution in [0.3, 0.4) is 0 Å². The van der Waals surface area contributed by atoms with E-state index in [0.717, 1.165) is 41.7 Å². The number of carbonyl (C=O) groups excluding carboxylic acids is 1. The van der Waals surface area contributed by atoms with Crippen molar-refractivity contribution in [3.63, 3.8) is 0 Å². The van der Waals surface area contributed by atoms with E-state index in [9.17, 15) is 4.79 Å². The molecule has 152 valence electrons. The molecule has 2 aromatic carbocycles. The van der Waals surface area contributed by atoms with E-state index >= 15 is 0 Å². The molecule has 0 spiro atoms. The van der Waals surface area contributed by atoms with Gasteiger partial charge in [0.15, 0.2) is 5.16 Å². The minimum absolute atomic E-state index is 0.00114. The number of aromatic nitrogens is 3. The molecule has 0 saturated carbocycles. The maximum Gasteiger partial charge on any atom is 0.230 e. The van der Waals surface area contributed by atoms with Crippen LogP contribution in [-0.2, 0) is 24.2 Å². The van der Waals surface area contributed by atoms with Gasteiger partial charge in [-0.25, -0.2) is 0 Å². The van der Waals surface area contributed by atoms with Gasteiger partial charge in [-0.15, -0.1) is 10.2 Å². The molecule has 3 rings (SSSR count). The molecule has 1 aromatic heterocycles. The fourth-order valence-corrected chi connectivity index (χ4v) is 3.82. The van der Waals surface area contributed by atoms with Crippen LogP contribution in [0.15, 0.2) is 59.8 Å². The zero-order valence-corrected chi connectivity index (χ0v) is 17.6. The van der Waals surface area contributed by atoms with Crippen molar-refractivity contribution in [1.29, 1.82) is 0 Å². The minimum atomic E-state index is -0.00114. The molecule has 0 aliphatic heterocycles. The highest BCUT2D eigenvalue weighted by molar-refractivity contribution is 7.99. The van der Waals surface area contributed by atoms with Crippen molar-refractivity contribution >= 4 is 17.7 Å². The second-order valence-electron chi connectivity index (χ2n) is 6.54. The third kappa shape index (κ3) is 6.09. The Morgan fingerprint density at radius 2 is 1.83 bits per heavy atom. The van der Waals surface area contributed by atoms with Crippen molar-refractivity contribution in [2.75, 3.05) is 19.4 Å². The molecule has 3 aromatic rings. The van der Waals surface area contributed by atoms with E-state index < -0.39 is 0 Å². The van der Waals surface area contributed by atoms with Crippen molar-refractivity contribution in [3.05, 3.63) is 71.5 Å². The minimum Gasteiger partial charge on any atom is -0.497 e. The van der Waals surface area contributed by atoms with Gasteiger partial charge in [0.05, 0.1) is 12.9 Å². The fraction of sp³-hybridized carbons (Fsp3) is 0.318. The van der Waals surface area contributed by atoms with Crippen molar-refractivity contribution < 1.29 is 9.53 Å². The van der Waals surface area contributed by atoms with E-state index in [1.54, 1.807) is 7.11 Å². The summed E-state index contributed by atoms with van der Waals surface area (Å²) >= 11 is 1.42. The van der Waals surface area contributed by atoms with E-state index in [4.69, 9.17) is 4.74 Å². The number of benzene rings is 2. The van der Waals surface area contributed by atoms with Crippen LogP contribution in [0.4, 0.5) is 0 Å². The Kier molecular flexibility index (Phi) is 7.69. The van der Waals surface area contributed by atoms with Gasteiger partial charge in [-0.3, -0.25) is 4.79 Å². The number of carbonyl (C=O) groups is 1. The standard InChI is InChI=1S/C22H26N4O2S/c1-3-26-20(15-18-7-5-4-6-8-18)24-25-22(26)29-16-21(27)23-14-13-17-9-11-19(28-2)12-10-17/h4-12H,3,13-16H2,1-2H3,(H,23,27). The second kappa shape index (κ2) is 10.7. The SMILES string of the molecule is CCn1c(Cc2ccccc2)nnc1SCC(=O)NCCc1ccc(OC)cc1. The highest BCUT2D eigenvalue weighted by Gasteiger charge is 2.13. The van der Waals surface area contributed by atoms with Crippen molar-refractivity contribution in [1.82, 2.24) is 20.1 Å². The summed E-state index contributed by atoms with van der Waals surface area (Å²) in [4.78, 5) is 12.2. The number of amides is 1. The van der Waals surface area contributed by atoms with Crippen molar-refractivity contribution in [2.24, 2.45) is 0 Å². The molecule has 0 fully saturated rings. The van der Waals surface area contributed by atoms with E-state index in [2.05, 4.69) is 39.1 Å². The lowest BCUT2D eigenvalue weighted by Gasteiger charge is -2.08. The summed E-state index contributed by atoms with van der Waals surface area (Å²) in [6, 6.07) is 18.1. The Morgan fingerprint density at radius 1 is 1.07 bits per heavy atom. The maximum absolute atomic E-state index is 12.2. The van der Waals surface area contributed by atoms with Crippen LogP contribution in [-0.4, -0.2) is 40.1 Å². The first-order chi connectivity index (χ1) is 14.2. The maximum atomic E-state index is 12.2. The number of rotatable bonds is 10. The predicted molar refractivity (Wildman–Crippen MR) is 115 cm³/mol. The van der Waals surface area contributed by atoms with Crippen LogP contribution < -0.4 is 10.1 Å². The highest BCUT2D eigenvalue weighted by Crippen LogP contribution is 2.18. The molecular formula is C22H26N4O2S. The largest absolute Gasteiger partial charge is 0.497 e. The Morgan fingerprint density at radius 3 is 2.52 bits per heavy atom. The molecule has 0 bridgehead atoms. The number of hydrogen-bond donors (Lipinski definition) is 1. The molecule has 0 aliphatic rings. The van der Waals surface area contributed by atoms with Crippen LogP contribution in [0.25, 0.3) is 0 Å². The first kappa shape index (κ1) is 20.9. The lowest BCUT2D eigenvalue weighted by Crippen LogP contribution is -2.27. The van der Waals surface area contributed by atoms with Gasteiger partial charge in [0.25, 0.3) is 0 Å². The van der Waals surface area contributed by atoms with Crippen LogP contribution in [0.5, 0.6) is 5.75 Å². The summed E-state index contributed by atoms with van der Waals surface area (Å²) in [5, 5.41) is 12.4. The molecule has 1 N–H and O–H groups in total. The Balaban J connectivity index is 1.47. The Bertz CT molecular complexity index is 910. The summed E-state index contributed by atoms with van der Waals surface area (Å²) < 4.78 is 7.23. The molecule has 0 atom stereocenters. The van der Waals surface area contributed by atoms with Gasteiger partial charge in [0, 0.05) is 19.5 Å². The average molecular weight is 411 g/mol. The smallest absolute Gasteiger partial charge is 0.230 e. The molecule has 29 heavy (non-hydrogen) atoms. The van der Waals surface area contributed by atoms with E-state index in [-0.39, 0.29) is 5.91 Å². The number of methoxy groups -OCH3 is 1. The molecular weight excluding hydrogens is 384 g/mol.